The van der Waals surface area contributed by atoms with E-state index in [0.29, 0.717) is 0 Å². The van der Waals surface area contributed by atoms with Crippen LogP contribution in [-0.4, -0.2) is 0 Å². The molecule has 0 amide bonds. The van der Waals surface area contributed by atoms with Crippen LogP contribution in [-0.2, 0) is 5.41 Å². The zero-order chi connectivity index (χ0) is 36.3. The minimum atomic E-state index is 0.0739. The van der Waals surface area contributed by atoms with Gasteiger partial charge in [-0.2, -0.15) is 0 Å². The summed E-state index contributed by atoms with van der Waals surface area (Å²) in [5.41, 5.74) is 16.8. The lowest BCUT2D eigenvalue weighted by molar-refractivity contribution is 0.550. The quantitative estimate of drug-likeness (QED) is 0.165. The van der Waals surface area contributed by atoms with E-state index in [2.05, 4.69) is 193 Å². The maximum absolute atomic E-state index is 2.57. The van der Waals surface area contributed by atoms with Crippen LogP contribution >= 0.6 is 11.3 Å². The molecule has 1 fully saturated rings. The molecule has 0 bridgehead atoms. The van der Waals surface area contributed by atoms with Crippen LogP contribution in [0.3, 0.4) is 0 Å². The summed E-state index contributed by atoms with van der Waals surface area (Å²) in [6.07, 6.45) is 4.95. The first-order chi connectivity index (χ1) is 27.3. The maximum atomic E-state index is 2.57. The zero-order valence-electron chi connectivity index (χ0n) is 30.6. The molecule has 1 aromatic heterocycles. The second kappa shape index (κ2) is 13.0. The second-order valence-electron chi connectivity index (χ2n) is 15.1. The van der Waals surface area contributed by atoms with Crippen LogP contribution < -0.4 is 4.90 Å². The van der Waals surface area contributed by atoms with E-state index in [4.69, 9.17) is 0 Å². The topological polar surface area (TPSA) is 3.24 Å². The average Bonchev–Trinajstić information content (AvgIpc) is 3.98. The van der Waals surface area contributed by atoms with E-state index in [9.17, 15) is 0 Å². The third-order valence-corrected chi connectivity index (χ3v) is 13.5. The van der Waals surface area contributed by atoms with E-state index in [0.717, 1.165) is 0 Å². The van der Waals surface area contributed by atoms with Gasteiger partial charge in [0.05, 0.1) is 16.1 Å². The lowest BCUT2D eigenvalue weighted by Crippen LogP contribution is -2.21. The minimum absolute atomic E-state index is 0.0739. The molecule has 55 heavy (non-hydrogen) atoms. The third-order valence-electron chi connectivity index (χ3n) is 12.3. The Morgan fingerprint density at radius 2 is 0.964 bits per heavy atom. The first-order valence-electron chi connectivity index (χ1n) is 19.6. The van der Waals surface area contributed by atoms with E-state index < -0.39 is 0 Å². The van der Waals surface area contributed by atoms with Gasteiger partial charge in [0.1, 0.15) is 0 Å². The molecule has 1 nitrogen and oxygen atoms in total. The highest BCUT2D eigenvalue weighted by Crippen LogP contribution is 2.58. The molecule has 262 valence electrons. The molecule has 2 aliphatic carbocycles. The number of para-hydroxylation sites is 1. The Labute approximate surface area is 326 Å². The number of nitrogens with zero attached hydrogens (tertiary/aromatic N) is 1. The van der Waals surface area contributed by atoms with Gasteiger partial charge >= 0.3 is 0 Å². The van der Waals surface area contributed by atoms with Gasteiger partial charge in [-0.05, 0) is 93.2 Å². The van der Waals surface area contributed by atoms with Gasteiger partial charge in [0.25, 0.3) is 0 Å². The fourth-order valence-corrected chi connectivity index (χ4v) is 11.1. The van der Waals surface area contributed by atoms with Gasteiger partial charge in [-0.3, -0.25) is 0 Å². The summed E-state index contributed by atoms with van der Waals surface area (Å²) < 4.78 is 2.62. The van der Waals surface area contributed by atoms with Crippen molar-refractivity contribution in [3.63, 3.8) is 0 Å². The van der Waals surface area contributed by atoms with Crippen molar-refractivity contribution in [2.75, 3.05) is 4.90 Å². The van der Waals surface area contributed by atoms with Crippen molar-refractivity contribution in [3.05, 3.63) is 199 Å². The van der Waals surface area contributed by atoms with Gasteiger partial charge in [0, 0.05) is 32.1 Å². The van der Waals surface area contributed by atoms with E-state index >= 15 is 0 Å². The van der Waals surface area contributed by atoms with Crippen LogP contribution in [0.1, 0.15) is 36.8 Å². The van der Waals surface area contributed by atoms with Crippen molar-refractivity contribution < 1.29 is 0 Å². The van der Waals surface area contributed by atoms with Crippen molar-refractivity contribution in [1.29, 1.82) is 0 Å². The van der Waals surface area contributed by atoms with E-state index in [1.54, 1.807) is 0 Å². The number of thiophene rings is 1. The van der Waals surface area contributed by atoms with Crippen LogP contribution in [0.25, 0.3) is 64.7 Å². The van der Waals surface area contributed by atoms with Crippen molar-refractivity contribution in [1.82, 2.24) is 0 Å². The summed E-state index contributed by atoms with van der Waals surface area (Å²) in [6.45, 7) is 0. The highest BCUT2D eigenvalue weighted by atomic mass is 32.1. The molecule has 2 heteroatoms. The number of anilines is 3. The van der Waals surface area contributed by atoms with Crippen LogP contribution in [0.15, 0.2) is 188 Å². The fourth-order valence-electron chi connectivity index (χ4n) is 9.85. The molecule has 1 saturated carbocycles. The Hall–Kier alpha value is -6.22. The van der Waals surface area contributed by atoms with Gasteiger partial charge < -0.3 is 4.90 Å². The summed E-state index contributed by atoms with van der Waals surface area (Å²) in [4.78, 5) is 2.57. The number of fused-ring (bicyclic) bond motifs is 8. The third kappa shape index (κ3) is 5.05. The Balaban J connectivity index is 1.17. The SMILES string of the molecule is c1ccc(-c2ccccc2-c2ccccc2-c2ccccc2N(c2ccc3c(c2)C2(CCCC2)c2ccccc2-3)c2cccc3c2sc2ccccc23)cc1. The number of hydrogen-bond donors (Lipinski definition) is 0. The lowest BCUT2D eigenvalue weighted by Gasteiger charge is -2.31. The van der Waals surface area contributed by atoms with Gasteiger partial charge in [0.2, 0.25) is 0 Å². The molecule has 0 atom stereocenters. The van der Waals surface area contributed by atoms with Gasteiger partial charge in [-0.15, -0.1) is 11.3 Å². The predicted molar refractivity (Wildman–Crippen MR) is 235 cm³/mol. The number of hydrogen-bond acceptors (Lipinski definition) is 2. The van der Waals surface area contributed by atoms with Crippen molar-refractivity contribution >= 4 is 48.6 Å². The van der Waals surface area contributed by atoms with Crippen LogP contribution in [0.5, 0.6) is 0 Å². The van der Waals surface area contributed by atoms with Gasteiger partial charge in [-0.25, -0.2) is 0 Å². The molecular formula is C53H39NS. The van der Waals surface area contributed by atoms with Gasteiger partial charge in [0.15, 0.2) is 0 Å². The summed E-state index contributed by atoms with van der Waals surface area (Å²) in [5.74, 6) is 0. The summed E-state index contributed by atoms with van der Waals surface area (Å²) in [5, 5.41) is 2.62. The van der Waals surface area contributed by atoms with E-state index in [1.165, 1.54) is 119 Å². The molecule has 1 heterocycles. The minimum Gasteiger partial charge on any atom is -0.308 e. The monoisotopic (exact) mass is 721 g/mol. The van der Waals surface area contributed by atoms with Crippen molar-refractivity contribution in [2.24, 2.45) is 0 Å². The Bertz CT molecular complexity index is 2890. The van der Waals surface area contributed by atoms with Crippen LogP contribution in [0.2, 0.25) is 0 Å². The fraction of sp³-hybridized carbons (Fsp3) is 0.0943. The highest BCUT2D eigenvalue weighted by Gasteiger charge is 2.45. The molecule has 0 N–H and O–H groups in total. The molecular weight excluding hydrogens is 683 g/mol. The molecule has 9 aromatic rings. The number of rotatable bonds is 6. The molecule has 1 spiro atoms. The largest absolute Gasteiger partial charge is 0.308 e. The Morgan fingerprint density at radius 3 is 1.76 bits per heavy atom. The van der Waals surface area contributed by atoms with Crippen LogP contribution in [0.4, 0.5) is 17.1 Å². The van der Waals surface area contributed by atoms with Gasteiger partial charge in [-0.1, -0.05) is 171 Å². The van der Waals surface area contributed by atoms with E-state index in [1.807, 2.05) is 11.3 Å². The smallest absolute Gasteiger partial charge is 0.0640 e. The highest BCUT2D eigenvalue weighted by molar-refractivity contribution is 7.26. The first-order valence-corrected chi connectivity index (χ1v) is 20.4. The number of benzene rings is 8. The average molecular weight is 722 g/mol. The zero-order valence-corrected chi connectivity index (χ0v) is 31.4. The normalized spacial score (nSPS) is 14.0. The summed E-state index contributed by atoms with van der Waals surface area (Å²) in [7, 11) is 0. The lowest BCUT2D eigenvalue weighted by atomic mass is 9.76. The molecule has 0 aliphatic heterocycles. The first kappa shape index (κ1) is 32.2. The van der Waals surface area contributed by atoms with Crippen LogP contribution in [0, 0.1) is 0 Å². The molecule has 0 unspecified atom stereocenters. The predicted octanol–water partition coefficient (Wildman–Crippen LogP) is 15.4. The molecule has 11 rings (SSSR count). The van der Waals surface area contributed by atoms with E-state index in [-0.39, 0.29) is 5.41 Å². The Kier molecular flexibility index (Phi) is 7.60. The standard InChI is InChI=1S/C53H39NS/c1-2-17-36(18-3-1)38-19-4-5-20-39(38)40-21-6-7-22-41(40)44-24-9-12-28-49(44)54(50-29-16-26-46-45-25-10-13-30-51(45)55-52(46)50)37-31-32-43-42-23-8-11-27-47(42)53(48(43)35-37)33-14-15-34-53/h1-13,16-32,35H,14-15,33-34H2. The second-order valence-corrected chi connectivity index (χ2v) is 16.2. The molecule has 0 saturated heterocycles. The van der Waals surface area contributed by atoms with Crippen molar-refractivity contribution in [2.45, 2.75) is 31.1 Å². The summed E-state index contributed by atoms with van der Waals surface area (Å²) in [6, 6.07) is 69.9. The Morgan fingerprint density at radius 1 is 0.400 bits per heavy atom. The molecule has 0 radical (unpaired) electrons. The molecule has 8 aromatic carbocycles. The van der Waals surface area contributed by atoms with Crippen molar-refractivity contribution in [3.8, 4) is 44.5 Å². The maximum Gasteiger partial charge on any atom is 0.0640 e. The summed E-state index contributed by atoms with van der Waals surface area (Å²) >= 11 is 1.90. The molecule has 2 aliphatic rings.